The van der Waals surface area contributed by atoms with Gasteiger partial charge in [0.2, 0.25) is 0 Å². The Labute approximate surface area is 178 Å². The van der Waals surface area contributed by atoms with Crippen molar-refractivity contribution in [3.05, 3.63) is 59.4 Å². The molecule has 3 aromatic rings. The summed E-state index contributed by atoms with van der Waals surface area (Å²) in [5.74, 6) is -3.12. The van der Waals surface area contributed by atoms with Crippen molar-refractivity contribution in [1.82, 2.24) is 4.98 Å². The van der Waals surface area contributed by atoms with E-state index in [0.717, 1.165) is 15.8 Å². The summed E-state index contributed by atoms with van der Waals surface area (Å²) in [6.45, 7) is 5.52. The third-order valence-corrected chi connectivity index (χ3v) is 5.50. The zero-order valence-corrected chi connectivity index (χ0v) is 17.8. The van der Waals surface area contributed by atoms with E-state index < -0.39 is 29.7 Å². The molecule has 0 saturated heterocycles. The van der Waals surface area contributed by atoms with Gasteiger partial charge in [0.15, 0.2) is 11.0 Å². The number of nitrogens with one attached hydrogen (secondary N) is 1. The fourth-order valence-electron chi connectivity index (χ4n) is 3.14. The Bertz CT molecular complexity index is 1020. The van der Waals surface area contributed by atoms with Crippen LogP contribution >= 0.6 is 11.3 Å². The van der Waals surface area contributed by atoms with Crippen LogP contribution in [0.4, 0.5) is 9.52 Å². The number of fused-ring (bicyclic) bond motifs is 1. The van der Waals surface area contributed by atoms with Crippen LogP contribution in [-0.4, -0.2) is 30.1 Å². The number of rotatable bonds is 8. The number of anilines is 1. The number of ether oxygens (including phenoxy) is 2. The highest BCUT2D eigenvalue weighted by atomic mass is 32.1. The highest BCUT2D eigenvalue weighted by Crippen LogP contribution is 2.34. The van der Waals surface area contributed by atoms with Crippen molar-refractivity contribution < 1.29 is 23.5 Å². The SMILES string of the molecule is CCOC(=O)C(C(=O)OCC)C(Nc1nc2c(C)cccc2s1)c1ccc(F)cc1. The summed E-state index contributed by atoms with van der Waals surface area (Å²) < 4.78 is 24.8. The first kappa shape index (κ1) is 21.7. The molecule has 158 valence electrons. The van der Waals surface area contributed by atoms with E-state index in [1.165, 1.54) is 35.6 Å². The van der Waals surface area contributed by atoms with Crippen LogP contribution in [0.2, 0.25) is 0 Å². The molecule has 2 aromatic carbocycles. The lowest BCUT2D eigenvalue weighted by molar-refractivity contribution is -0.162. The molecule has 6 nitrogen and oxygen atoms in total. The molecule has 1 unspecified atom stereocenters. The number of benzene rings is 2. The minimum atomic E-state index is -1.27. The molecular weight excluding hydrogens is 407 g/mol. The average Bonchev–Trinajstić information content (AvgIpc) is 3.13. The second kappa shape index (κ2) is 9.67. The Balaban J connectivity index is 2.05. The number of aromatic nitrogens is 1. The molecule has 3 rings (SSSR count). The van der Waals surface area contributed by atoms with Gasteiger partial charge in [-0.25, -0.2) is 9.37 Å². The van der Waals surface area contributed by atoms with Crippen LogP contribution in [0.5, 0.6) is 0 Å². The summed E-state index contributed by atoms with van der Waals surface area (Å²) in [5.41, 5.74) is 2.40. The van der Waals surface area contributed by atoms with Crippen molar-refractivity contribution >= 4 is 38.6 Å². The number of hydrogen-bond donors (Lipinski definition) is 1. The predicted molar refractivity (Wildman–Crippen MR) is 114 cm³/mol. The number of para-hydroxylation sites is 1. The molecule has 0 bridgehead atoms. The van der Waals surface area contributed by atoms with E-state index in [1.807, 2.05) is 25.1 Å². The fourth-order valence-corrected chi connectivity index (χ4v) is 4.12. The number of halogens is 1. The summed E-state index contributed by atoms with van der Waals surface area (Å²) in [4.78, 5) is 30.0. The van der Waals surface area contributed by atoms with Crippen molar-refractivity contribution in [1.29, 1.82) is 0 Å². The number of thiazole rings is 1. The Kier molecular flexibility index (Phi) is 6.99. The summed E-state index contributed by atoms with van der Waals surface area (Å²) in [6, 6.07) is 10.6. The van der Waals surface area contributed by atoms with Gasteiger partial charge < -0.3 is 14.8 Å². The van der Waals surface area contributed by atoms with E-state index in [4.69, 9.17) is 9.47 Å². The molecular formula is C22H23FN2O4S. The highest BCUT2D eigenvalue weighted by molar-refractivity contribution is 7.22. The largest absolute Gasteiger partial charge is 0.465 e. The minimum Gasteiger partial charge on any atom is -0.465 e. The van der Waals surface area contributed by atoms with Gasteiger partial charge in [-0.05, 0) is 50.1 Å². The van der Waals surface area contributed by atoms with E-state index >= 15 is 0 Å². The molecule has 30 heavy (non-hydrogen) atoms. The first-order valence-electron chi connectivity index (χ1n) is 9.66. The van der Waals surface area contributed by atoms with Gasteiger partial charge in [-0.2, -0.15) is 0 Å². The van der Waals surface area contributed by atoms with Gasteiger partial charge in [0.05, 0.1) is 29.5 Å². The quantitative estimate of drug-likeness (QED) is 0.414. The molecule has 1 N–H and O–H groups in total. The lowest BCUT2D eigenvalue weighted by atomic mass is 9.93. The van der Waals surface area contributed by atoms with Gasteiger partial charge in [-0.3, -0.25) is 9.59 Å². The second-order valence-electron chi connectivity index (χ2n) is 6.60. The van der Waals surface area contributed by atoms with Crippen molar-refractivity contribution in [3.8, 4) is 0 Å². The Morgan fingerprint density at radius 2 is 1.70 bits per heavy atom. The van der Waals surface area contributed by atoms with Gasteiger partial charge in [-0.15, -0.1) is 0 Å². The molecule has 0 radical (unpaired) electrons. The van der Waals surface area contributed by atoms with Gasteiger partial charge >= 0.3 is 11.9 Å². The van der Waals surface area contributed by atoms with Gasteiger partial charge in [-0.1, -0.05) is 35.6 Å². The van der Waals surface area contributed by atoms with E-state index in [9.17, 15) is 14.0 Å². The molecule has 0 saturated carbocycles. The Hall–Kier alpha value is -3.00. The molecule has 0 amide bonds. The molecule has 0 spiro atoms. The van der Waals surface area contributed by atoms with E-state index in [2.05, 4.69) is 10.3 Å². The maximum absolute atomic E-state index is 13.5. The molecule has 1 heterocycles. The number of carbonyl (C=O) groups excluding carboxylic acids is 2. The molecule has 0 fully saturated rings. The third kappa shape index (κ3) is 4.76. The summed E-state index contributed by atoms with van der Waals surface area (Å²) in [5, 5.41) is 3.73. The van der Waals surface area contributed by atoms with Crippen LogP contribution in [0.25, 0.3) is 10.2 Å². The molecule has 8 heteroatoms. The maximum Gasteiger partial charge on any atom is 0.322 e. The second-order valence-corrected chi connectivity index (χ2v) is 7.63. The number of nitrogens with zero attached hydrogens (tertiary/aromatic N) is 1. The maximum atomic E-state index is 13.5. The van der Waals surface area contributed by atoms with Crippen molar-refractivity contribution in [2.24, 2.45) is 5.92 Å². The van der Waals surface area contributed by atoms with Crippen LogP contribution in [0.1, 0.15) is 31.0 Å². The molecule has 0 aliphatic carbocycles. The number of hydrogen-bond acceptors (Lipinski definition) is 7. The topological polar surface area (TPSA) is 77.5 Å². The van der Waals surface area contributed by atoms with Crippen LogP contribution in [-0.2, 0) is 19.1 Å². The van der Waals surface area contributed by atoms with E-state index in [0.29, 0.717) is 10.7 Å². The smallest absolute Gasteiger partial charge is 0.322 e. The zero-order chi connectivity index (χ0) is 21.7. The predicted octanol–water partition coefficient (Wildman–Crippen LogP) is 4.64. The van der Waals surface area contributed by atoms with Crippen molar-refractivity contribution in [2.45, 2.75) is 26.8 Å². The normalized spacial score (nSPS) is 12.0. The lowest BCUT2D eigenvalue weighted by Gasteiger charge is -2.25. The standard InChI is InChI=1S/C22H23FN2O4S/c1-4-28-20(26)17(21(27)29-5-2)19(14-9-11-15(23)12-10-14)25-22-24-18-13(3)7-6-8-16(18)30-22/h6-12,17,19H,4-5H2,1-3H3,(H,24,25). The molecule has 1 atom stereocenters. The Morgan fingerprint density at radius 3 is 2.27 bits per heavy atom. The van der Waals surface area contributed by atoms with E-state index in [-0.39, 0.29) is 13.2 Å². The van der Waals surface area contributed by atoms with Crippen LogP contribution in [0.3, 0.4) is 0 Å². The highest BCUT2D eigenvalue weighted by Gasteiger charge is 2.39. The van der Waals surface area contributed by atoms with Crippen LogP contribution < -0.4 is 5.32 Å². The monoisotopic (exact) mass is 430 g/mol. The summed E-state index contributed by atoms with van der Waals surface area (Å²) in [6.07, 6.45) is 0. The third-order valence-electron chi connectivity index (χ3n) is 4.54. The molecule has 0 aliphatic heterocycles. The average molecular weight is 431 g/mol. The van der Waals surface area contributed by atoms with Crippen molar-refractivity contribution in [3.63, 3.8) is 0 Å². The van der Waals surface area contributed by atoms with E-state index in [1.54, 1.807) is 13.8 Å². The molecule has 0 aliphatic rings. The number of aryl methyl sites for hydroxylation is 1. The first-order valence-corrected chi connectivity index (χ1v) is 10.5. The van der Waals surface area contributed by atoms with Gasteiger partial charge in [0, 0.05) is 0 Å². The minimum absolute atomic E-state index is 0.116. The Morgan fingerprint density at radius 1 is 1.07 bits per heavy atom. The van der Waals surface area contributed by atoms with Gasteiger partial charge in [0.1, 0.15) is 5.82 Å². The zero-order valence-electron chi connectivity index (χ0n) is 17.0. The first-order chi connectivity index (χ1) is 14.4. The summed E-state index contributed by atoms with van der Waals surface area (Å²) >= 11 is 1.40. The fraction of sp³-hybridized carbons (Fsp3) is 0.318. The number of esters is 2. The van der Waals surface area contributed by atoms with Crippen LogP contribution in [0.15, 0.2) is 42.5 Å². The van der Waals surface area contributed by atoms with Gasteiger partial charge in [0.25, 0.3) is 0 Å². The molecule has 1 aromatic heterocycles. The van der Waals surface area contributed by atoms with Crippen molar-refractivity contribution in [2.75, 3.05) is 18.5 Å². The number of carbonyl (C=O) groups is 2. The lowest BCUT2D eigenvalue weighted by Crippen LogP contribution is -2.36. The van der Waals surface area contributed by atoms with Crippen LogP contribution in [0, 0.1) is 18.7 Å². The summed E-state index contributed by atoms with van der Waals surface area (Å²) in [7, 11) is 0.